The zero-order chi connectivity index (χ0) is 14.5. The van der Waals surface area contributed by atoms with Crippen LogP contribution in [0.1, 0.15) is 23.1 Å². The second-order valence-corrected chi connectivity index (χ2v) is 5.24. The molecule has 0 radical (unpaired) electrons. The molecule has 0 saturated carbocycles. The number of rotatable bonds is 5. The molecule has 0 bridgehead atoms. The number of nitrogens with one attached hydrogen (secondary N) is 1. The maximum atomic E-state index is 11.9. The van der Waals surface area contributed by atoms with Gasteiger partial charge in [0.15, 0.2) is 0 Å². The van der Waals surface area contributed by atoms with Crippen LogP contribution >= 0.6 is 15.9 Å². The summed E-state index contributed by atoms with van der Waals surface area (Å²) in [5, 5.41) is 7.01. The van der Waals surface area contributed by atoms with Crippen LogP contribution in [0.3, 0.4) is 0 Å². The summed E-state index contributed by atoms with van der Waals surface area (Å²) in [5.41, 5.74) is 1.57. The van der Waals surface area contributed by atoms with E-state index >= 15 is 0 Å². The van der Waals surface area contributed by atoms with E-state index in [1.165, 1.54) is 7.11 Å². The maximum Gasteiger partial charge on any atom is 0.327 e. The highest BCUT2D eigenvalue weighted by molar-refractivity contribution is 9.10. The van der Waals surface area contributed by atoms with Crippen LogP contribution in [0.4, 0.5) is 0 Å². The van der Waals surface area contributed by atoms with Gasteiger partial charge in [-0.15, -0.1) is 0 Å². The van der Waals surface area contributed by atoms with Crippen LogP contribution < -0.4 is 5.32 Å². The number of hydrogen-bond acceptors (Lipinski definition) is 5. The lowest BCUT2D eigenvalue weighted by molar-refractivity contribution is -0.143. The number of methoxy groups -OCH3 is 1. The van der Waals surface area contributed by atoms with Crippen LogP contribution in [0, 0.1) is 6.92 Å². The standard InChI is InChI=1S/C14H15BrN2O3/c1-9-6-12(17-20-9)8-16-13(14(18)19-2)10-4-3-5-11(15)7-10/h3-7,13,16H,8H2,1-2H3/t13-/m0/s1. The van der Waals surface area contributed by atoms with Gasteiger partial charge < -0.3 is 9.26 Å². The van der Waals surface area contributed by atoms with E-state index in [0.29, 0.717) is 6.54 Å². The first-order chi connectivity index (χ1) is 9.60. The van der Waals surface area contributed by atoms with E-state index in [4.69, 9.17) is 9.26 Å². The van der Waals surface area contributed by atoms with Gasteiger partial charge in [0.25, 0.3) is 0 Å². The van der Waals surface area contributed by atoms with Gasteiger partial charge in [0.2, 0.25) is 0 Å². The Morgan fingerprint density at radius 3 is 2.90 bits per heavy atom. The lowest BCUT2D eigenvalue weighted by Crippen LogP contribution is -2.29. The van der Waals surface area contributed by atoms with Crippen molar-refractivity contribution in [3.63, 3.8) is 0 Å². The first kappa shape index (κ1) is 14.7. The Kier molecular flexibility index (Phi) is 4.92. The number of nitrogens with zero attached hydrogens (tertiary/aromatic N) is 1. The molecule has 0 amide bonds. The molecule has 0 aliphatic carbocycles. The molecule has 0 aliphatic rings. The lowest BCUT2D eigenvalue weighted by atomic mass is 10.1. The van der Waals surface area contributed by atoms with Crippen LogP contribution in [0.25, 0.3) is 0 Å². The molecule has 0 spiro atoms. The summed E-state index contributed by atoms with van der Waals surface area (Å²) in [5.74, 6) is 0.391. The van der Waals surface area contributed by atoms with E-state index in [1.807, 2.05) is 37.3 Å². The molecule has 20 heavy (non-hydrogen) atoms. The minimum Gasteiger partial charge on any atom is -0.468 e. The summed E-state index contributed by atoms with van der Waals surface area (Å²) >= 11 is 3.39. The van der Waals surface area contributed by atoms with Crippen LogP contribution in [0.5, 0.6) is 0 Å². The van der Waals surface area contributed by atoms with Gasteiger partial charge in [0.05, 0.1) is 12.8 Å². The number of hydrogen-bond donors (Lipinski definition) is 1. The van der Waals surface area contributed by atoms with E-state index in [-0.39, 0.29) is 5.97 Å². The van der Waals surface area contributed by atoms with E-state index in [9.17, 15) is 4.79 Å². The third-order valence-corrected chi connectivity index (χ3v) is 3.28. The molecule has 2 rings (SSSR count). The fraction of sp³-hybridized carbons (Fsp3) is 0.286. The Hall–Kier alpha value is -1.66. The minimum absolute atomic E-state index is 0.344. The molecule has 0 aliphatic heterocycles. The normalized spacial score (nSPS) is 12.2. The number of ether oxygens (including phenoxy) is 1. The van der Waals surface area contributed by atoms with Crippen molar-refractivity contribution in [1.29, 1.82) is 0 Å². The predicted octanol–water partition coefficient (Wildman–Crippen LogP) is 2.75. The first-order valence-electron chi connectivity index (χ1n) is 6.09. The predicted molar refractivity (Wildman–Crippen MR) is 77.0 cm³/mol. The molecule has 1 atom stereocenters. The van der Waals surface area contributed by atoms with Crippen molar-refractivity contribution >= 4 is 21.9 Å². The van der Waals surface area contributed by atoms with E-state index in [2.05, 4.69) is 26.4 Å². The van der Waals surface area contributed by atoms with Gasteiger partial charge in [-0.05, 0) is 24.6 Å². The molecular formula is C14H15BrN2O3. The Labute approximate surface area is 125 Å². The molecule has 1 heterocycles. The van der Waals surface area contributed by atoms with Gasteiger partial charge in [0, 0.05) is 17.1 Å². The Morgan fingerprint density at radius 2 is 2.30 bits per heavy atom. The molecule has 1 aromatic carbocycles. The maximum absolute atomic E-state index is 11.9. The molecule has 106 valence electrons. The zero-order valence-electron chi connectivity index (χ0n) is 11.2. The van der Waals surface area contributed by atoms with Gasteiger partial charge in [-0.3, -0.25) is 5.32 Å². The van der Waals surface area contributed by atoms with Crippen molar-refractivity contribution in [1.82, 2.24) is 10.5 Å². The monoisotopic (exact) mass is 338 g/mol. The van der Waals surface area contributed by atoms with Crippen molar-refractivity contribution < 1.29 is 14.1 Å². The number of esters is 1. The molecule has 1 aromatic heterocycles. The second-order valence-electron chi connectivity index (χ2n) is 4.32. The molecule has 0 fully saturated rings. The van der Waals surface area contributed by atoms with E-state index in [0.717, 1.165) is 21.5 Å². The smallest absolute Gasteiger partial charge is 0.327 e. The van der Waals surface area contributed by atoms with Crippen LogP contribution in [-0.2, 0) is 16.1 Å². The number of aryl methyl sites for hydroxylation is 1. The van der Waals surface area contributed by atoms with Crippen molar-refractivity contribution in [2.75, 3.05) is 7.11 Å². The van der Waals surface area contributed by atoms with Crippen LogP contribution in [0.2, 0.25) is 0 Å². The summed E-state index contributed by atoms with van der Waals surface area (Å²) in [6.07, 6.45) is 0. The van der Waals surface area contributed by atoms with Crippen molar-refractivity contribution in [2.45, 2.75) is 19.5 Å². The molecule has 5 nitrogen and oxygen atoms in total. The molecular weight excluding hydrogens is 324 g/mol. The Balaban J connectivity index is 2.14. The minimum atomic E-state index is -0.547. The van der Waals surface area contributed by atoms with Gasteiger partial charge in [-0.2, -0.15) is 0 Å². The summed E-state index contributed by atoms with van der Waals surface area (Å²) in [6.45, 7) is 2.24. The topological polar surface area (TPSA) is 64.4 Å². The SMILES string of the molecule is COC(=O)[C@@H](NCc1cc(C)on1)c1cccc(Br)c1. The highest BCUT2D eigenvalue weighted by Gasteiger charge is 2.21. The second kappa shape index (κ2) is 6.67. The number of carbonyl (C=O) groups excluding carboxylic acids is 1. The summed E-state index contributed by atoms with van der Waals surface area (Å²) in [4.78, 5) is 11.9. The van der Waals surface area contributed by atoms with Crippen molar-refractivity contribution in [3.8, 4) is 0 Å². The molecule has 0 saturated heterocycles. The fourth-order valence-electron chi connectivity index (χ4n) is 1.85. The van der Waals surface area contributed by atoms with E-state index in [1.54, 1.807) is 0 Å². The van der Waals surface area contributed by atoms with Gasteiger partial charge in [-0.25, -0.2) is 4.79 Å². The fourth-order valence-corrected chi connectivity index (χ4v) is 2.27. The van der Waals surface area contributed by atoms with Crippen LogP contribution in [-0.4, -0.2) is 18.2 Å². The average Bonchev–Trinajstić information content (AvgIpc) is 2.84. The zero-order valence-corrected chi connectivity index (χ0v) is 12.8. The van der Waals surface area contributed by atoms with Crippen molar-refractivity contribution in [3.05, 3.63) is 51.8 Å². The Morgan fingerprint density at radius 1 is 1.50 bits per heavy atom. The van der Waals surface area contributed by atoms with Gasteiger partial charge >= 0.3 is 5.97 Å². The highest BCUT2D eigenvalue weighted by Crippen LogP contribution is 2.20. The van der Waals surface area contributed by atoms with Gasteiger partial charge in [0.1, 0.15) is 11.8 Å². The van der Waals surface area contributed by atoms with Crippen molar-refractivity contribution in [2.24, 2.45) is 0 Å². The van der Waals surface area contributed by atoms with Crippen LogP contribution in [0.15, 0.2) is 39.3 Å². The third kappa shape index (κ3) is 3.68. The Bertz CT molecular complexity index is 598. The lowest BCUT2D eigenvalue weighted by Gasteiger charge is -2.16. The molecule has 2 aromatic rings. The number of carbonyl (C=O) groups is 1. The molecule has 1 N–H and O–H groups in total. The quantitative estimate of drug-likeness (QED) is 0.849. The molecule has 0 unspecified atom stereocenters. The first-order valence-corrected chi connectivity index (χ1v) is 6.88. The number of aromatic nitrogens is 1. The van der Waals surface area contributed by atoms with Gasteiger partial charge in [-0.1, -0.05) is 33.2 Å². The summed E-state index contributed by atoms with van der Waals surface area (Å²) in [6, 6.07) is 8.79. The summed E-state index contributed by atoms with van der Waals surface area (Å²) < 4.78 is 10.7. The highest BCUT2D eigenvalue weighted by atomic mass is 79.9. The largest absolute Gasteiger partial charge is 0.468 e. The third-order valence-electron chi connectivity index (χ3n) is 2.78. The number of halogens is 1. The molecule has 6 heteroatoms. The number of benzene rings is 1. The average molecular weight is 339 g/mol. The van der Waals surface area contributed by atoms with E-state index < -0.39 is 6.04 Å². The summed E-state index contributed by atoms with van der Waals surface area (Å²) in [7, 11) is 1.37.